The summed E-state index contributed by atoms with van der Waals surface area (Å²) in [4.78, 5) is 24.3. The number of nitro groups is 1. The normalized spacial score (nSPS) is 15.5. The zero-order valence-corrected chi connectivity index (χ0v) is 15.0. The van der Waals surface area contributed by atoms with Crippen molar-refractivity contribution >= 4 is 52.3 Å². The van der Waals surface area contributed by atoms with Crippen LogP contribution in [0, 0.1) is 17.0 Å². The monoisotopic (exact) mass is 389 g/mol. The first kappa shape index (κ1) is 17.8. The van der Waals surface area contributed by atoms with Gasteiger partial charge in [-0.3, -0.25) is 19.8 Å². The molecule has 0 atom stereocenters. The van der Waals surface area contributed by atoms with E-state index >= 15 is 0 Å². The number of rotatable bonds is 3. The SMILES string of the molecule is Cc1cc(Cl)ccc1N1C(=O)/C(=C\c2ccc(O)c([N+](=O)[O-])c2)NC1=S. The van der Waals surface area contributed by atoms with Crippen molar-refractivity contribution in [3.05, 3.63) is 68.4 Å². The molecule has 0 radical (unpaired) electrons. The van der Waals surface area contributed by atoms with Crippen LogP contribution in [-0.2, 0) is 4.79 Å². The molecule has 1 saturated heterocycles. The minimum atomic E-state index is -0.699. The zero-order valence-electron chi connectivity index (χ0n) is 13.4. The molecule has 0 unspecified atom stereocenters. The summed E-state index contributed by atoms with van der Waals surface area (Å²) in [6, 6.07) is 8.91. The molecule has 1 fully saturated rings. The van der Waals surface area contributed by atoms with Gasteiger partial charge < -0.3 is 10.4 Å². The highest BCUT2D eigenvalue weighted by atomic mass is 35.5. The van der Waals surface area contributed by atoms with Gasteiger partial charge in [0.15, 0.2) is 10.9 Å². The third-order valence-corrected chi connectivity index (χ3v) is 4.30. The van der Waals surface area contributed by atoms with Crippen LogP contribution in [0.1, 0.15) is 11.1 Å². The van der Waals surface area contributed by atoms with E-state index in [0.29, 0.717) is 16.3 Å². The molecule has 9 heteroatoms. The average Bonchev–Trinajstić information content (AvgIpc) is 2.83. The molecular weight excluding hydrogens is 378 g/mol. The molecule has 2 N–H and O–H groups in total. The van der Waals surface area contributed by atoms with Gasteiger partial charge in [0, 0.05) is 11.1 Å². The fourth-order valence-electron chi connectivity index (χ4n) is 2.57. The van der Waals surface area contributed by atoms with Gasteiger partial charge >= 0.3 is 5.69 Å². The van der Waals surface area contributed by atoms with Gasteiger partial charge in [0.25, 0.3) is 5.91 Å². The number of hydrogen-bond donors (Lipinski definition) is 2. The molecule has 0 aromatic heterocycles. The molecule has 1 aliphatic rings. The Kier molecular flexibility index (Phi) is 4.62. The number of carbonyl (C=O) groups excluding carboxylic acids is 1. The predicted molar refractivity (Wildman–Crippen MR) is 102 cm³/mol. The Morgan fingerprint density at radius 1 is 1.31 bits per heavy atom. The second-order valence-electron chi connectivity index (χ2n) is 5.56. The predicted octanol–water partition coefficient (Wildman–Crippen LogP) is 3.52. The average molecular weight is 390 g/mol. The summed E-state index contributed by atoms with van der Waals surface area (Å²) in [6.07, 6.45) is 1.44. The number of amides is 1. The van der Waals surface area contributed by atoms with E-state index < -0.39 is 22.3 Å². The summed E-state index contributed by atoms with van der Waals surface area (Å²) in [6.45, 7) is 1.81. The van der Waals surface area contributed by atoms with Crippen LogP contribution in [0.4, 0.5) is 11.4 Å². The van der Waals surface area contributed by atoms with E-state index in [1.165, 1.54) is 29.2 Å². The molecule has 3 rings (SSSR count). The molecule has 1 aliphatic heterocycles. The van der Waals surface area contributed by atoms with Crippen LogP contribution in [-0.4, -0.2) is 21.0 Å². The summed E-state index contributed by atoms with van der Waals surface area (Å²) in [5, 5.41) is 24.0. The zero-order chi connectivity index (χ0) is 19.0. The molecule has 26 heavy (non-hydrogen) atoms. The first-order chi connectivity index (χ1) is 12.3. The number of halogens is 1. The number of aromatic hydroxyl groups is 1. The fourth-order valence-corrected chi connectivity index (χ4v) is 3.08. The molecule has 0 bridgehead atoms. The van der Waals surface area contributed by atoms with Crippen molar-refractivity contribution in [3.8, 4) is 5.75 Å². The highest BCUT2D eigenvalue weighted by Gasteiger charge is 2.33. The molecule has 1 heterocycles. The summed E-state index contributed by atoms with van der Waals surface area (Å²) in [7, 11) is 0. The number of nitro benzene ring substituents is 1. The molecule has 7 nitrogen and oxygen atoms in total. The molecule has 2 aromatic carbocycles. The molecule has 0 spiro atoms. The highest BCUT2D eigenvalue weighted by Crippen LogP contribution is 2.30. The maximum Gasteiger partial charge on any atom is 0.311 e. The lowest BCUT2D eigenvalue weighted by Crippen LogP contribution is -2.30. The standard InChI is InChI=1S/C17H12ClN3O4S/c1-9-6-11(18)3-4-13(9)20-16(23)12(19-17(20)26)7-10-2-5-15(22)14(8-10)21(24)25/h2-8,22H,1H3,(H,19,26)/b12-7+. The van der Waals surface area contributed by atoms with Gasteiger partial charge in [-0.05, 0) is 60.6 Å². The Morgan fingerprint density at radius 2 is 2.04 bits per heavy atom. The smallest absolute Gasteiger partial charge is 0.311 e. The number of phenolic OH excluding ortho intramolecular Hbond substituents is 1. The molecule has 132 valence electrons. The lowest BCUT2D eigenvalue weighted by molar-refractivity contribution is -0.385. The van der Waals surface area contributed by atoms with E-state index in [4.69, 9.17) is 23.8 Å². The Bertz CT molecular complexity index is 990. The van der Waals surface area contributed by atoms with Gasteiger partial charge in [0.05, 0.1) is 10.6 Å². The van der Waals surface area contributed by atoms with E-state index in [0.717, 1.165) is 5.56 Å². The van der Waals surface area contributed by atoms with E-state index in [2.05, 4.69) is 5.32 Å². The van der Waals surface area contributed by atoms with Gasteiger partial charge in [-0.1, -0.05) is 17.7 Å². The molecule has 0 aliphatic carbocycles. The van der Waals surface area contributed by atoms with Crippen LogP contribution >= 0.6 is 23.8 Å². The van der Waals surface area contributed by atoms with Crippen molar-refractivity contribution in [2.24, 2.45) is 0 Å². The van der Waals surface area contributed by atoms with E-state index in [-0.39, 0.29) is 10.8 Å². The Morgan fingerprint density at radius 3 is 2.69 bits per heavy atom. The number of aryl methyl sites for hydroxylation is 1. The Balaban J connectivity index is 1.97. The summed E-state index contributed by atoms with van der Waals surface area (Å²) < 4.78 is 0. The van der Waals surface area contributed by atoms with Gasteiger partial charge in [-0.25, -0.2) is 0 Å². The van der Waals surface area contributed by atoms with Crippen LogP contribution in [0.2, 0.25) is 5.02 Å². The van der Waals surface area contributed by atoms with Crippen molar-refractivity contribution in [3.63, 3.8) is 0 Å². The van der Waals surface area contributed by atoms with E-state index in [1.54, 1.807) is 18.2 Å². The number of phenols is 1. The largest absolute Gasteiger partial charge is 0.502 e. The quantitative estimate of drug-likeness (QED) is 0.361. The molecule has 0 saturated carbocycles. The number of nitrogens with one attached hydrogen (secondary N) is 1. The number of nitrogens with zero attached hydrogens (tertiary/aromatic N) is 2. The number of benzene rings is 2. The third-order valence-electron chi connectivity index (χ3n) is 3.79. The minimum Gasteiger partial charge on any atom is -0.502 e. The Labute approximate surface area is 158 Å². The van der Waals surface area contributed by atoms with Crippen molar-refractivity contribution in [2.75, 3.05) is 4.90 Å². The van der Waals surface area contributed by atoms with Crippen LogP contribution in [0.15, 0.2) is 42.1 Å². The van der Waals surface area contributed by atoms with Crippen LogP contribution in [0.5, 0.6) is 5.75 Å². The molecule has 1 amide bonds. The summed E-state index contributed by atoms with van der Waals surface area (Å²) >= 11 is 11.2. The van der Waals surface area contributed by atoms with Crippen molar-refractivity contribution < 1.29 is 14.8 Å². The van der Waals surface area contributed by atoms with Gasteiger partial charge in [0.2, 0.25) is 0 Å². The van der Waals surface area contributed by atoms with E-state index in [1.807, 2.05) is 6.92 Å². The van der Waals surface area contributed by atoms with Crippen molar-refractivity contribution in [2.45, 2.75) is 6.92 Å². The van der Waals surface area contributed by atoms with Crippen LogP contribution in [0.25, 0.3) is 6.08 Å². The third kappa shape index (κ3) is 3.24. The van der Waals surface area contributed by atoms with Crippen molar-refractivity contribution in [1.82, 2.24) is 5.32 Å². The summed E-state index contributed by atoms with van der Waals surface area (Å²) in [5.74, 6) is -0.840. The molecule has 2 aromatic rings. The maximum atomic E-state index is 12.7. The maximum absolute atomic E-state index is 12.7. The first-order valence-corrected chi connectivity index (χ1v) is 8.17. The number of carbonyl (C=O) groups is 1. The van der Waals surface area contributed by atoms with Gasteiger partial charge in [-0.2, -0.15) is 0 Å². The number of thiocarbonyl (C=S) groups is 1. The van der Waals surface area contributed by atoms with Gasteiger partial charge in [0.1, 0.15) is 5.70 Å². The number of anilines is 1. The first-order valence-electron chi connectivity index (χ1n) is 7.38. The summed E-state index contributed by atoms with van der Waals surface area (Å²) in [5.41, 5.74) is 1.47. The van der Waals surface area contributed by atoms with Crippen LogP contribution in [0.3, 0.4) is 0 Å². The molecular formula is C17H12ClN3O4S. The fraction of sp³-hybridized carbons (Fsp3) is 0.0588. The number of hydrogen-bond acceptors (Lipinski definition) is 5. The Hall–Kier alpha value is -2.97. The van der Waals surface area contributed by atoms with E-state index in [9.17, 15) is 20.0 Å². The second kappa shape index (κ2) is 6.74. The second-order valence-corrected chi connectivity index (χ2v) is 6.39. The lowest BCUT2D eigenvalue weighted by Gasteiger charge is -2.16. The topological polar surface area (TPSA) is 95.7 Å². The highest BCUT2D eigenvalue weighted by molar-refractivity contribution is 7.80. The van der Waals surface area contributed by atoms with Gasteiger partial charge in [-0.15, -0.1) is 0 Å². The van der Waals surface area contributed by atoms with Crippen molar-refractivity contribution in [1.29, 1.82) is 0 Å². The lowest BCUT2D eigenvalue weighted by atomic mass is 10.1. The van der Waals surface area contributed by atoms with Crippen LogP contribution < -0.4 is 10.2 Å². The minimum absolute atomic E-state index is 0.171.